The molecule has 0 spiro atoms. The first-order chi connectivity index (χ1) is 8.58. The van der Waals surface area contributed by atoms with Gasteiger partial charge in [-0.1, -0.05) is 29.3 Å². The minimum Gasteiger partial charge on any atom is -0.337 e. The summed E-state index contributed by atoms with van der Waals surface area (Å²) in [6.45, 7) is 2.80. The van der Waals surface area contributed by atoms with Gasteiger partial charge in [0.1, 0.15) is 5.82 Å². The Kier molecular flexibility index (Phi) is 4.27. The molecule has 2 rings (SSSR count). The van der Waals surface area contributed by atoms with Gasteiger partial charge in [0.15, 0.2) is 0 Å². The average Bonchev–Trinajstić information content (AvgIpc) is 2.75. The number of benzene rings is 1. The molecule has 1 atom stereocenters. The van der Waals surface area contributed by atoms with Gasteiger partial charge in [0.2, 0.25) is 0 Å². The minimum absolute atomic E-state index is 0.191. The van der Waals surface area contributed by atoms with E-state index in [0.717, 1.165) is 11.4 Å². The van der Waals surface area contributed by atoms with Crippen LogP contribution in [-0.2, 0) is 13.6 Å². The highest BCUT2D eigenvalue weighted by Crippen LogP contribution is 2.25. The van der Waals surface area contributed by atoms with Crippen LogP contribution in [0, 0.1) is 0 Å². The molecule has 0 saturated carbocycles. The standard InChI is InChI=1S/C13H15Cl2N3/c1-9(10-3-4-11(14)12(15)7-10)17-8-13-16-5-6-18(13)2/h3-7,9,17H,8H2,1-2H3. The van der Waals surface area contributed by atoms with Gasteiger partial charge in [0.05, 0.1) is 16.6 Å². The molecule has 0 amide bonds. The molecule has 0 radical (unpaired) electrons. The van der Waals surface area contributed by atoms with E-state index in [9.17, 15) is 0 Å². The Morgan fingerprint density at radius 3 is 2.72 bits per heavy atom. The fourth-order valence-corrected chi connectivity index (χ4v) is 2.02. The third-order valence-corrected chi connectivity index (χ3v) is 3.67. The molecule has 3 nitrogen and oxygen atoms in total. The molecule has 0 fully saturated rings. The van der Waals surface area contributed by atoms with E-state index in [1.807, 2.05) is 36.0 Å². The smallest absolute Gasteiger partial charge is 0.122 e. The van der Waals surface area contributed by atoms with E-state index >= 15 is 0 Å². The van der Waals surface area contributed by atoms with Crippen LogP contribution >= 0.6 is 23.2 Å². The quantitative estimate of drug-likeness (QED) is 0.930. The molecule has 0 aliphatic heterocycles. The van der Waals surface area contributed by atoms with Crippen molar-refractivity contribution in [1.29, 1.82) is 0 Å². The molecule has 5 heteroatoms. The predicted octanol–water partition coefficient (Wildman–Crippen LogP) is 3.58. The molecule has 2 aromatic rings. The van der Waals surface area contributed by atoms with Gasteiger partial charge >= 0.3 is 0 Å². The maximum absolute atomic E-state index is 6.01. The molecule has 1 N–H and O–H groups in total. The molecule has 0 bridgehead atoms. The van der Waals surface area contributed by atoms with Gasteiger partial charge in [0.25, 0.3) is 0 Å². The number of hydrogen-bond acceptors (Lipinski definition) is 2. The number of nitrogens with zero attached hydrogens (tertiary/aromatic N) is 2. The van der Waals surface area contributed by atoms with Crippen molar-refractivity contribution in [2.75, 3.05) is 0 Å². The Morgan fingerprint density at radius 2 is 2.11 bits per heavy atom. The van der Waals surface area contributed by atoms with Crippen molar-refractivity contribution in [2.24, 2.45) is 7.05 Å². The molecule has 1 aromatic heterocycles. The van der Waals surface area contributed by atoms with Crippen molar-refractivity contribution in [3.63, 3.8) is 0 Å². The zero-order chi connectivity index (χ0) is 13.1. The molecule has 1 aromatic carbocycles. The van der Waals surface area contributed by atoms with Crippen molar-refractivity contribution in [1.82, 2.24) is 14.9 Å². The molecular formula is C13H15Cl2N3. The number of aromatic nitrogens is 2. The van der Waals surface area contributed by atoms with Crippen LogP contribution in [0.5, 0.6) is 0 Å². The van der Waals surface area contributed by atoms with Crippen molar-refractivity contribution >= 4 is 23.2 Å². The summed E-state index contributed by atoms with van der Waals surface area (Å²) in [7, 11) is 1.98. The maximum atomic E-state index is 6.01. The summed E-state index contributed by atoms with van der Waals surface area (Å²) in [5.74, 6) is 1.00. The molecule has 0 saturated heterocycles. The lowest BCUT2D eigenvalue weighted by atomic mass is 10.1. The van der Waals surface area contributed by atoms with Crippen LogP contribution in [0.4, 0.5) is 0 Å². The summed E-state index contributed by atoms with van der Waals surface area (Å²) in [4.78, 5) is 4.27. The number of halogens is 2. The molecule has 0 aliphatic rings. The number of aryl methyl sites for hydroxylation is 1. The first kappa shape index (κ1) is 13.4. The summed E-state index contributed by atoms with van der Waals surface area (Å²) < 4.78 is 1.99. The Balaban J connectivity index is 2.01. The van der Waals surface area contributed by atoms with Crippen molar-refractivity contribution in [3.8, 4) is 0 Å². The fraction of sp³-hybridized carbons (Fsp3) is 0.308. The van der Waals surface area contributed by atoms with Gasteiger partial charge in [-0.2, -0.15) is 0 Å². The van der Waals surface area contributed by atoms with Crippen LogP contribution in [0.15, 0.2) is 30.6 Å². The summed E-state index contributed by atoms with van der Waals surface area (Å²) in [5, 5.41) is 4.57. The van der Waals surface area contributed by atoms with E-state index in [1.165, 1.54) is 0 Å². The molecule has 1 unspecified atom stereocenters. The second-order valence-electron chi connectivity index (χ2n) is 4.23. The highest BCUT2D eigenvalue weighted by molar-refractivity contribution is 6.42. The second kappa shape index (κ2) is 5.74. The largest absolute Gasteiger partial charge is 0.337 e. The van der Waals surface area contributed by atoms with Crippen LogP contribution in [0.2, 0.25) is 10.0 Å². The van der Waals surface area contributed by atoms with Crippen LogP contribution in [-0.4, -0.2) is 9.55 Å². The van der Waals surface area contributed by atoms with Crippen LogP contribution in [0.1, 0.15) is 24.4 Å². The van der Waals surface area contributed by atoms with E-state index in [2.05, 4.69) is 17.2 Å². The van der Waals surface area contributed by atoms with Crippen LogP contribution in [0.3, 0.4) is 0 Å². The topological polar surface area (TPSA) is 29.9 Å². The van der Waals surface area contributed by atoms with E-state index in [1.54, 1.807) is 6.20 Å². The number of rotatable bonds is 4. The number of imidazole rings is 1. The molecule has 1 heterocycles. The molecule has 0 aliphatic carbocycles. The Bertz CT molecular complexity index is 537. The number of hydrogen-bond donors (Lipinski definition) is 1. The van der Waals surface area contributed by atoms with Gasteiger partial charge in [0, 0.05) is 25.5 Å². The Labute approximate surface area is 117 Å². The second-order valence-corrected chi connectivity index (χ2v) is 5.04. The van der Waals surface area contributed by atoms with Gasteiger partial charge in [-0.05, 0) is 24.6 Å². The Morgan fingerprint density at radius 1 is 1.33 bits per heavy atom. The van der Waals surface area contributed by atoms with Gasteiger partial charge in [-0.25, -0.2) is 4.98 Å². The zero-order valence-corrected chi connectivity index (χ0v) is 11.8. The predicted molar refractivity (Wildman–Crippen MR) is 74.9 cm³/mol. The molecule has 96 valence electrons. The molecular weight excluding hydrogens is 269 g/mol. The van der Waals surface area contributed by atoms with E-state index in [0.29, 0.717) is 16.6 Å². The first-order valence-electron chi connectivity index (χ1n) is 5.72. The van der Waals surface area contributed by atoms with E-state index in [4.69, 9.17) is 23.2 Å². The van der Waals surface area contributed by atoms with E-state index in [-0.39, 0.29) is 6.04 Å². The third kappa shape index (κ3) is 3.05. The molecule has 18 heavy (non-hydrogen) atoms. The normalized spacial score (nSPS) is 12.7. The van der Waals surface area contributed by atoms with Crippen molar-refractivity contribution in [3.05, 3.63) is 52.0 Å². The highest BCUT2D eigenvalue weighted by atomic mass is 35.5. The van der Waals surface area contributed by atoms with Crippen molar-refractivity contribution < 1.29 is 0 Å². The zero-order valence-electron chi connectivity index (χ0n) is 10.3. The summed E-state index contributed by atoms with van der Waals surface area (Å²) in [6.07, 6.45) is 3.72. The van der Waals surface area contributed by atoms with Gasteiger partial charge < -0.3 is 9.88 Å². The first-order valence-corrected chi connectivity index (χ1v) is 6.48. The fourth-order valence-electron chi connectivity index (χ4n) is 1.71. The lowest BCUT2D eigenvalue weighted by Gasteiger charge is -2.14. The maximum Gasteiger partial charge on any atom is 0.122 e. The van der Waals surface area contributed by atoms with Crippen LogP contribution < -0.4 is 5.32 Å². The number of nitrogens with one attached hydrogen (secondary N) is 1. The van der Waals surface area contributed by atoms with E-state index < -0.39 is 0 Å². The Hall–Kier alpha value is -1.03. The third-order valence-electron chi connectivity index (χ3n) is 2.93. The van der Waals surface area contributed by atoms with Gasteiger partial charge in [-0.15, -0.1) is 0 Å². The van der Waals surface area contributed by atoms with Gasteiger partial charge in [-0.3, -0.25) is 0 Å². The summed E-state index contributed by atoms with van der Waals surface area (Å²) in [6, 6.07) is 5.87. The monoisotopic (exact) mass is 283 g/mol. The lowest BCUT2D eigenvalue weighted by molar-refractivity contribution is 0.549. The minimum atomic E-state index is 0.191. The summed E-state index contributed by atoms with van der Waals surface area (Å²) in [5.41, 5.74) is 1.11. The average molecular weight is 284 g/mol. The highest BCUT2D eigenvalue weighted by Gasteiger charge is 2.08. The summed E-state index contributed by atoms with van der Waals surface area (Å²) >= 11 is 11.9. The lowest BCUT2D eigenvalue weighted by Crippen LogP contribution is -2.20. The SMILES string of the molecule is CC(NCc1nccn1C)c1ccc(Cl)c(Cl)c1. The van der Waals surface area contributed by atoms with Crippen molar-refractivity contribution in [2.45, 2.75) is 19.5 Å². The van der Waals surface area contributed by atoms with Crippen LogP contribution in [0.25, 0.3) is 0 Å².